The molecule has 5 nitrogen and oxygen atoms in total. The van der Waals surface area contributed by atoms with Crippen molar-refractivity contribution in [2.45, 2.75) is 6.42 Å². The summed E-state index contributed by atoms with van der Waals surface area (Å²) in [5.41, 5.74) is 0.938. The van der Waals surface area contributed by atoms with Gasteiger partial charge in [0.25, 0.3) is 0 Å². The molecule has 3 rings (SSSR count). The SMILES string of the molecule is CN1C(=O)Cc2cnc(N3CCSCC3)nc21.Cl. The van der Waals surface area contributed by atoms with Crippen LogP contribution in [0.15, 0.2) is 6.20 Å². The summed E-state index contributed by atoms with van der Waals surface area (Å²) < 4.78 is 0. The lowest BCUT2D eigenvalue weighted by atomic mass is 10.3. The number of anilines is 2. The highest BCUT2D eigenvalue weighted by Crippen LogP contribution is 2.27. The van der Waals surface area contributed by atoms with Gasteiger partial charge < -0.3 is 4.90 Å². The van der Waals surface area contributed by atoms with E-state index in [9.17, 15) is 4.79 Å². The fourth-order valence-corrected chi connectivity index (χ4v) is 3.02. The molecule has 1 aromatic rings. The molecule has 7 heteroatoms. The molecule has 0 radical (unpaired) electrons. The van der Waals surface area contributed by atoms with E-state index in [1.807, 2.05) is 11.8 Å². The fraction of sp³-hybridized carbons (Fsp3) is 0.545. The average molecular weight is 287 g/mol. The minimum absolute atomic E-state index is 0. The molecule has 98 valence electrons. The summed E-state index contributed by atoms with van der Waals surface area (Å²) >= 11 is 1.96. The minimum Gasteiger partial charge on any atom is -0.339 e. The monoisotopic (exact) mass is 286 g/mol. The number of aromatic nitrogens is 2. The summed E-state index contributed by atoms with van der Waals surface area (Å²) in [5.74, 6) is 3.87. The van der Waals surface area contributed by atoms with Gasteiger partial charge in [0.1, 0.15) is 5.82 Å². The van der Waals surface area contributed by atoms with E-state index in [0.717, 1.165) is 41.9 Å². The molecule has 0 aliphatic carbocycles. The molecule has 2 aliphatic heterocycles. The van der Waals surface area contributed by atoms with E-state index in [-0.39, 0.29) is 18.3 Å². The predicted octanol–water partition coefficient (Wildman–Crippen LogP) is 0.970. The van der Waals surface area contributed by atoms with Gasteiger partial charge in [0.05, 0.1) is 6.42 Å². The molecular formula is C11H15ClN4OS. The van der Waals surface area contributed by atoms with Gasteiger partial charge >= 0.3 is 0 Å². The molecule has 2 aliphatic rings. The normalized spacial score (nSPS) is 18.6. The number of rotatable bonds is 1. The largest absolute Gasteiger partial charge is 0.339 e. The Labute approximate surface area is 116 Å². The zero-order valence-electron chi connectivity index (χ0n) is 10.1. The third-order valence-electron chi connectivity index (χ3n) is 3.16. The van der Waals surface area contributed by atoms with Gasteiger partial charge in [0, 0.05) is 43.4 Å². The number of amides is 1. The summed E-state index contributed by atoms with van der Waals surface area (Å²) in [6, 6.07) is 0. The van der Waals surface area contributed by atoms with Crippen molar-refractivity contribution in [1.29, 1.82) is 0 Å². The van der Waals surface area contributed by atoms with Crippen LogP contribution in [0.5, 0.6) is 0 Å². The molecule has 1 saturated heterocycles. The first-order valence-electron chi connectivity index (χ1n) is 5.71. The molecule has 1 fully saturated rings. The first-order chi connectivity index (χ1) is 8.25. The Kier molecular flexibility index (Phi) is 3.97. The van der Waals surface area contributed by atoms with E-state index in [1.54, 1.807) is 18.1 Å². The van der Waals surface area contributed by atoms with Gasteiger partial charge in [-0.2, -0.15) is 16.7 Å². The van der Waals surface area contributed by atoms with Crippen molar-refractivity contribution in [2.24, 2.45) is 0 Å². The number of carbonyl (C=O) groups is 1. The second-order valence-corrected chi connectivity index (χ2v) is 5.47. The summed E-state index contributed by atoms with van der Waals surface area (Å²) in [5, 5.41) is 0. The van der Waals surface area contributed by atoms with Crippen LogP contribution >= 0.6 is 24.2 Å². The smallest absolute Gasteiger partial charge is 0.232 e. The van der Waals surface area contributed by atoms with Gasteiger partial charge in [-0.3, -0.25) is 9.69 Å². The highest BCUT2D eigenvalue weighted by molar-refractivity contribution is 7.99. The maximum Gasteiger partial charge on any atom is 0.232 e. The first-order valence-corrected chi connectivity index (χ1v) is 6.86. The molecule has 0 saturated carbocycles. The van der Waals surface area contributed by atoms with E-state index in [2.05, 4.69) is 14.9 Å². The van der Waals surface area contributed by atoms with Crippen LogP contribution in [0.4, 0.5) is 11.8 Å². The molecule has 0 aromatic carbocycles. The summed E-state index contributed by atoms with van der Waals surface area (Å²) in [4.78, 5) is 24.3. The number of hydrogen-bond donors (Lipinski definition) is 0. The predicted molar refractivity (Wildman–Crippen MR) is 75.9 cm³/mol. The van der Waals surface area contributed by atoms with Gasteiger partial charge in [-0.05, 0) is 0 Å². The minimum atomic E-state index is 0. The van der Waals surface area contributed by atoms with Gasteiger partial charge in [-0.1, -0.05) is 0 Å². The second-order valence-electron chi connectivity index (χ2n) is 4.25. The number of fused-ring (bicyclic) bond motifs is 1. The van der Waals surface area contributed by atoms with E-state index in [4.69, 9.17) is 0 Å². The molecule has 1 aromatic heterocycles. The standard InChI is InChI=1S/C11H14N4OS.ClH/c1-14-9(16)6-8-7-12-11(13-10(8)14)15-2-4-17-5-3-15;/h7H,2-6H2,1H3;1H. The van der Waals surface area contributed by atoms with Crippen LogP contribution in [0.1, 0.15) is 5.56 Å². The van der Waals surface area contributed by atoms with Crippen molar-refractivity contribution in [1.82, 2.24) is 9.97 Å². The molecule has 0 atom stereocenters. The third-order valence-corrected chi connectivity index (χ3v) is 4.10. The fourth-order valence-electron chi connectivity index (χ4n) is 2.12. The Balaban J connectivity index is 0.00000120. The van der Waals surface area contributed by atoms with Crippen molar-refractivity contribution < 1.29 is 4.79 Å². The quantitative estimate of drug-likeness (QED) is 0.770. The lowest BCUT2D eigenvalue weighted by Gasteiger charge is -2.26. The number of halogens is 1. The average Bonchev–Trinajstić information content (AvgIpc) is 2.66. The van der Waals surface area contributed by atoms with Crippen molar-refractivity contribution in [2.75, 3.05) is 41.4 Å². The number of carbonyl (C=O) groups excluding carboxylic acids is 1. The lowest BCUT2D eigenvalue weighted by molar-refractivity contribution is -0.117. The van der Waals surface area contributed by atoms with Crippen LogP contribution in [-0.2, 0) is 11.2 Å². The zero-order valence-corrected chi connectivity index (χ0v) is 11.8. The number of thioether (sulfide) groups is 1. The molecule has 3 heterocycles. The Bertz CT molecular complexity index is 464. The Morgan fingerprint density at radius 2 is 2.06 bits per heavy atom. The molecule has 0 spiro atoms. The van der Waals surface area contributed by atoms with E-state index in [0.29, 0.717) is 6.42 Å². The lowest BCUT2D eigenvalue weighted by Crippen LogP contribution is -2.34. The number of hydrogen-bond acceptors (Lipinski definition) is 5. The van der Waals surface area contributed by atoms with E-state index < -0.39 is 0 Å². The maximum absolute atomic E-state index is 11.6. The molecular weight excluding hydrogens is 272 g/mol. The van der Waals surface area contributed by atoms with Crippen LogP contribution in [0, 0.1) is 0 Å². The maximum atomic E-state index is 11.6. The van der Waals surface area contributed by atoms with Crippen LogP contribution in [-0.4, -0.2) is 47.5 Å². The topological polar surface area (TPSA) is 49.3 Å². The molecule has 0 N–H and O–H groups in total. The molecule has 1 amide bonds. The van der Waals surface area contributed by atoms with Gasteiger partial charge in [-0.15, -0.1) is 12.4 Å². The third kappa shape index (κ3) is 2.27. The van der Waals surface area contributed by atoms with Crippen molar-refractivity contribution in [3.63, 3.8) is 0 Å². The molecule has 0 bridgehead atoms. The van der Waals surface area contributed by atoms with Crippen LogP contribution in [0.25, 0.3) is 0 Å². The summed E-state index contributed by atoms with van der Waals surface area (Å²) in [6.45, 7) is 1.97. The molecule has 18 heavy (non-hydrogen) atoms. The van der Waals surface area contributed by atoms with E-state index in [1.165, 1.54) is 0 Å². The summed E-state index contributed by atoms with van der Waals surface area (Å²) in [7, 11) is 1.77. The van der Waals surface area contributed by atoms with Crippen LogP contribution in [0.3, 0.4) is 0 Å². The number of likely N-dealkylation sites (N-methyl/N-ethyl adjacent to an activating group) is 1. The van der Waals surface area contributed by atoms with Gasteiger partial charge in [-0.25, -0.2) is 4.98 Å². The Morgan fingerprint density at radius 1 is 1.33 bits per heavy atom. The highest BCUT2D eigenvalue weighted by Gasteiger charge is 2.27. The molecule has 0 unspecified atom stereocenters. The van der Waals surface area contributed by atoms with Crippen molar-refractivity contribution in [3.8, 4) is 0 Å². The number of nitrogens with zero attached hydrogens (tertiary/aromatic N) is 4. The summed E-state index contributed by atoms with van der Waals surface area (Å²) in [6.07, 6.45) is 2.22. The Hall–Kier alpha value is -1.01. The van der Waals surface area contributed by atoms with E-state index >= 15 is 0 Å². The van der Waals surface area contributed by atoms with Crippen molar-refractivity contribution >= 4 is 41.8 Å². The first kappa shape index (κ1) is 13.4. The van der Waals surface area contributed by atoms with Crippen LogP contribution in [0.2, 0.25) is 0 Å². The second kappa shape index (κ2) is 5.32. The Morgan fingerprint density at radius 3 is 2.78 bits per heavy atom. The van der Waals surface area contributed by atoms with Crippen LogP contribution < -0.4 is 9.80 Å². The highest BCUT2D eigenvalue weighted by atomic mass is 35.5. The van der Waals surface area contributed by atoms with Gasteiger partial charge in [0.2, 0.25) is 11.9 Å². The van der Waals surface area contributed by atoms with Gasteiger partial charge in [0.15, 0.2) is 0 Å². The van der Waals surface area contributed by atoms with Crippen molar-refractivity contribution in [3.05, 3.63) is 11.8 Å². The zero-order chi connectivity index (χ0) is 11.8.